The van der Waals surface area contributed by atoms with Gasteiger partial charge in [0.2, 0.25) is 0 Å². The zero-order valence-electron chi connectivity index (χ0n) is 15.2. The first kappa shape index (κ1) is 18.6. The lowest BCUT2D eigenvalue weighted by Crippen LogP contribution is -2.23. The summed E-state index contributed by atoms with van der Waals surface area (Å²) in [5.74, 6) is 2.15. The van der Waals surface area contributed by atoms with Crippen molar-refractivity contribution < 1.29 is 9.47 Å². The van der Waals surface area contributed by atoms with Crippen LogP contribution in [0.3, 0.4) is 0 Å². The Morgan fingerprint density at radius 2 is 1.84 bits per heavy atom. The number of benzene rings is 2. The average molecular weight is 341 g/mol. The molecule has 0 amide bonds. The molecule has 25 heavy (non-hydrogen) atoms. The smallest absolute Gasteiger partial charge is 0.193 e. The molecule has 0 unspecified atom stereocenters. The van der Waals surface area contributed by atoms with Crippen molar-refractivity contribution in [3.63, 3.8) is 0 Å². The van der Waals surface area contributed by atoms with Gasteiger partial charge in [0.1, 0.15) is 11.5 Å². The van der Waals surface area contributed by atoms with Crippen molar-refractivity contribution in [3.05, 3.63) is 54.1 Å². The Morgan fingerprint density at radius 3 is 2.52 bits per heavy atom. The van der Waals surface area contributed by atoms with Gasteiger partial charge in [-0.3, -0.25) is 4.99 Å². The van der Waals surface area contributed by atoms with Crippen molar-refractivity contribution in [2.75, 3.05) is 18.5 Å². The average Bonchev–Trinajstić information content (AvgIpc) is 2.57. The second-order valence-corrected chi connectivity index (χ2v) is 6.05. The summed E-state index contributed by atoms with van der Waals surface area (Å²) in [7, 11) is 0. The second kappa shape index (κ2) is 9.57. The number of aliphatic imine (C=N–C) groups is 1. The monoisotopic (exact) mass is 341 g/mol. The fourth-order valence-corrected chi connectivity index (χ4v) is 2.24. The molecule has 0 heterocycles. The first-order valence-corrected chi connectivity index (χ1v) is 8.56. The van der Waals surface area contributed by atoms with Gasteiger partial charge in [0.25, 0.3) is 0 Å². The maximum Gasteiger partial charge on any atom is 0.193 e. The van der Waals surface area contributed by atoms with Crippen LogP contribution in [0.1, 0.15) is 25.8 Å². The maximum atomic E-state index is 5.91. The van der Waals surface area contributed by atoms with Gasteiger partial charge in [0.05, 0.1) is 12.7 Å². The minimum atomic E-state index is 0.160. The molecule has 5 nitrogen and oxygen atoms in total. The van der Waals surface area contributed by atoms with Crippen LogP contribution in [0.25, 0.3) is 0 Å². The van der Waals surface area contributed by atoms with Crippen LogP contribution in [0.5, 0.6) is 11.5 Å². The molecular weight excluding hydrogens is 314 g/mol. The van der Waals surface area contributed by atoms with Crippen LogP contribution in [0.4, 0.5) is 5.69 Å². The Morgan fingerprint density at radius 1 is 1.12 bits per heavy atom. The highest BCUT2D eigenvalue weighted by molar-refractivity contribution is 5.92. The summed E-state index contributed by atoms with van der Waals surface area (Å²) in [6.45, 7) is 7.26. The van der Waals surface area contributed by atoms with Gasteiger partial charge in [0, 0.05) is 18.7 Å². The molecule has 2 aromatic carbocycles. The summed E-state index contributed by atoms with van der Waals surface area (Å²) < 4.78 is 11.3. The lowest BCUT2D eigenvalue weighted by atomic mass is 10.2. The lowest BCUT2D eigenvalue weighted by Gasteiger charge is -2.11. The molecule has 0 aliphatic carbocycles. The summed E-state index contributed by atoms with van der Waals surface area (Å²) in [5.41, 5.74) is 7.93. The number of aryl methyl sites for hydroxylation is 1. The summed E-state index contributed by atoms with van der Waals surface area (Å²) in [5, 5.41) is 3.07. The van der Waals surface area contributed by atoms with Crippen LogP contribution < -0.4 is 20.5 Å². The van der Waals surface area contributed by atoms with E-state index in [4.69, 9.17) is 15.2 Å². The number of guanidine groups is 1. The van der Waals surface area contributed by atoms with E-state index < -0.39 is 0 Å². The van der Waals surface area contributed by atoms with Crippen LogP contribution >= 0.6 is 0 Å². The van der Waals surface area contributed by atoms with E-state index in [0.29, 0.717) is 19.1 Å². The largest absolute Gasteiger partial charge is 0.493 e. The van der Waals surface area contributed by atoms with Gasteiger partial charge in [-0.15, -0.1) is 0 Å². The first-order chi connectivity index (χ1) is 12.0. The molecule has 3 N–H and O–H groups in total. The van der Waals surface area contributed by atoms with E-state index in [0.717, 1.165) is 29.2 Å². The molecule has 0 radical (unpaired) electrons. The third-order valence-electron chi connectivity index (χ3n) is 3.43. The van der Waals surface area contributed by atoms with Gasteiger partial charge in [-0.05, 0) is 56.7 Å². The van der Waals surface area contributed by atoms with Gasteiger partial charge in [-0.1, -0.05) is 18.2 Å². The molecule has 134 valence electrons. The highest BCUT2D eigenvalue weighted by atomic mass is 16.5. The number of hydrogen-bond donors (Lipinski definition) is 2. The van der Waals surface area contributed by atoms with Crippen molar-refractivity contribution in [3.8, 4) is 11.5 Å². The molecular formula is C20H27N3O2. The Balaban J connectivity index is 1.71. The van der Waals surface area contributed by atoms with Crippen molar-refractivity contribution in [2.24, 2.45) is 10.7 Å². The van der Waals surface area contributed by atoms with Gasteiger partial charge >= 0.3 is 0 Å². The first-order valence-electron chi connectivity index (χ1n) is 8.56. The lowest BCUT2D eigenvalue weighted by molar-refractivity contribution is 0.242. The summed E-state index contributed by atoms with van der Waals surface area (Å²) in [6, 6.07) is 15.6. The molecule has 0 aliphatic rings. The molecule has 5 heteroatoms. The van der Waals surface area contributed by atoms with Crippen LogP contribution in [0.2, 0.25) is 0 Å². The molecule has 0 aliphatic heterocycles. The summed E-state index contributed by atoms with van der Waals surface area (Å²) >= 11 is 0. The molecule has 0 spiro atoms. The zero-order chi connectivity index (χ0) is 18.1. The van der Waals surface area contributed by atoms with E-state index in [1.165, 1.54) is 0 Å². The number of hydrogen-bond acceptors (Lipinski definition) is 3. The molecule has 0 aromatic heterocycles. The van der Waals surface area contributed by atoms with Crippen LogP contribution in [0.15, 0.2) is 53.5 Å². The minimum Gasteiger partial charge on any atom is -0.493 e. The van der Waals surface area contributed by atoms with E-state index >= 15 is 0 Å². The van der Waals surface area contributed by atoms with Crippen LogP contribution in [-0.4, -0.2) is 25.2 Å². The molecule has 0 saturated carbocycles. The van der Waals surface area contributed by atoms with Gasteiger partial charge in [-0.25, -0.2) is 0 Å². The number of nitrogens with zero attached hydrogens (tertiary/aromatic N) is 1. The molecule has 2 aromatic rings. The van der Waals surface area contributed by atoms with Crippen molar-refractivity contribution in [1.82, 2.24) is 0 Å². The SMILES string of the molecule is Cc1ccccc1OCCCN=C(N)Nc1ccc(OC(C)C)cc1. The summed E-state index contributed by atoms with van der Waals surface area (Å²) in [4.78, 5) is 4.32. The van der Waals surface area contributed by atoms with Gasteiger partial charge < -0.3 is 20.5 Å². The number of nitrogens with one attached hydrogen (secondary N) is 1. The van der Waals surface area contributed by atoms with E-state index in [2.05, 4.69) is 10.3 Å². The zero-order valence-corrected chi connectivity index (χ0v) is 15.2. The van der Waals surface area contributed by atoms with Crippen molar-refractivity contribution in [1.29, 1.82) is 0 Å². The highest BCUT2D eigenvalue weighted by Crippen LogP contribution is 2.17. The number of anilines is 1. The summed E-state index contributed by atoms with van der Waals surface area (Å²) in [6.07, 6.45) is 0.963. The van der Waals surface area contributed by atoms with Crippen molar-refractivity contribution in [2.45, 2.75) is 33.3 Å². The molecule has 0 saturated heterocycles. The third-order valence-corrected chi connectivity index (χ3v) is 3.43. The van der Waals surface area contributed by atoms with E-state index in [9.17, 15) is 0 Å². The maximum absolute atomic E-state index is 5.91. The highest BCUT2D eigenvalue weighted by Gasteiger charge is 2.00. The second-order valence-electron chi connectivity index (χ2n) is 6.05. The number of rotatable bonds is 8. The molecule has 0 atom stereocenters. The molecule has 0 bridgehead atoms. The van der Waals surface area contributed by atoms with Gasteiger partial charge in [0.15, 0.2) is 5.96 Å². The number of ether oxygens (including phenoxy) is 2. The fourth-order valence-electron chi connectivity index (χ4n) is 2.24. The minimum absolute atomic E-state index is 0.160. The van der Waals surface area contributed by atoms with E-state index in [1.807, 2.05) is 69.3 Å². The molecule has 2 rings (SSSR count). The van der Waals surface area contributed by atoms with E-state index in [-0.39, 0.29) is 6.10 Å². The standard InChI is InChI=1S/C20H27N3O2/c1-15(2)25-18-11-9-17(10-12-18)23-20(21)22-13-6-14-24-19-8-5-4-7-16(19)3/h4-5,7-12,15H,6,13-14H2,1-3H3,(H3,21,22,23). The topological polar surface area (TPSA) is 68.9 Å². The van der Waals surface area contributed by atoms with Crippen LogP contribution in [-0.2, 0) is 0 Å². The van der Waals surface area contributed by atoms with E-state index in [1.54, 1.807) is 0 Å². The Bertz CT molecular complexity index is 682. The Labute approximate surface area is 149 Å². The number of nitrogens with two attached hydrogens (primary N) is 1. The fraction of sp³-hybridized carbons (Fsp3) is 0.350. The predicted molar refractivity (Wildman–Crippen MR) is 104 cm³/mol. The Kier molecular flexibility index (Phi) is 7.14. The third kappa shape index (κ3) is 6.75. The van der Waals surface area contributed by atoms with Crippen LogP contribution in [0, 0.1) is 6.92 Å². The van der Waals surface area contributed by atoms with Crippen molar-refractivity contribution >= 4 is 11.6 Å². The molecule has 0 fully saturated rings. The Hall–Kier alpha value is -2.69. The predicted octanol–water partition coefficient (Wildman–Crippen LogP) is 3.98. The quantitative estimate of drug-likeness (QED) is 0.433. The number of para-hydroxylation sites is 1. The van der Waals surface area contributed by atoms with Gasteiger partial charge in [-0.2, -0.15) is 0 Å². The normalized spacial score (nSPS) is 11.4.